The molecule has 78 valence electrons. The lowest BCUT2D eigenvalue weighted by Crippen LogP contribution is -2.00. The Kier molecular flexibility index (Phi) is 1.93. The highest BCUT2D eigenvalue weighted by atomic mass is 15.3. The van der Waals surface area contributed by atoms with E-state index in [0.29, 0.717) is 0 Å². The van der Waals surface area contributed by atoms with E-state index >= 15 is 0 Å². The summed E-state index contributed by atoms with van der Waals surface area (Å²) in [4.78, 5) is 0. The summed E-state index contributed by atoms with van der Waals surface area (Å²) in [5.74, 6) is 0.770. The first kappa shape index (κ1) is 9.03. The van der Waals surface area contributed by atoms with Crippen LogP contribution in [0.3, 0.4) is 0 Å². The molecule has 0 radical (unpaired) electrons. The molecule has 0 atom stereocenters. The summed E-state index contributed by atoms with van der Waals surface area (Å²) in [5, 5.41) is 14.6. The Labute approximate surface area is 92.6 Å². The molecule has 4 heteroatoms. The number of fused-ring (bicyclic) bond motifs is 1. The van der Waals surface area contributed by atoms with E-state index in [0.717, 1.165) is 22.3 Å². The van der Waals surface area contributed by atoms with Gasteiger partial charge in [-0.3, -0.25) is 0 Å². The molecule has 2 aromatic heterocycles. The molecule has 0 N–H and O–H groups in total. The maximum atomic E-state index is 4.35. The number of hydrogen-bond donors (Lipinski definition) is 0. The minimum atomic E-state index is 0.770. The van der Waals surface area contributed by atoms with Gasteiger partial charge in [0, 0.05) is 17.0 Å². The van der Waals surface area contributed by atoms with Crippen LogP contribution in [0.25, 0.3) is 16.6 Å². The molecule has 0 aliphatic heterocycles. The Bertz CT molecular complexity index is 637. The van der Waals surface area contributed by atoms with Crippen LogP contribution in [0.4, 0.5) is 0 Å². The van der Waals surface area contributed by atoms with E-state index in [9.17, 15) is 0 Å². The fourth-order valence-electron chi connectivity index (χ4n) is 1.72. The Balaban J connectivity index is 2.31. The summed E-state index contributed by atoms with van der Waals surface area (Å²) in [6.45, 7) is 1.95. The van der Waals surface area contributed by atoms with Crippen LogP contribution in [0, 0.1) is 6.92 Å². The van der Waals surface area contributed by atoms with Crippen LogP contribution in [-0.4, -0.2) is 20.0 Å². The summed E-state index contributed by atoms with van der Waals surface area (Å²) >= 11 is 0. The molecule has 0 aliphatic rings. The van der Waals surface area contributed by atoms with Crippen molar-refractivity contribution in [1.29, 1.82) is 0 Å². The number of nitrogens with zero attached hydrogens (tertiary/aromatic N) is 4. The maximum absolute atomic E-state index is 4.35. The summed E-state index contributed by atoms with van der Waals surface area (Å²) < 4.78 is 1.75. The molecule has 2 heterocycles. The van der Waals surface area contributed by atoms with E-state index in [4.69, 9.17) is 0 Å². The predicted octanol–water partition coefficient (Wildman–Crippen LogP) is 2.12. The zero-order valence-corrected chi connectivity index (χ0v) is 8.83. The number of aromatic nitrogens is 4. The van der Waals surface area contributed by atoms with E-state index < -0.39 is 0 Å². The number of benzene rings is 1. The molecule has 0 saturated heterocycles. The topological polar surface area (TPSA) is 43.6 Å². The van der Waals surface area contributed by atoms with E-state index in [1.165, 1.54) is 0 Å². The normalized spacial score (nSPS) is 10.8. The fourth-order valence-corrected chi connectivity index (χ4v) is 1.72. The SMILES string of the molecule is Cc1ccn(-c2nncc3ccccc23)n1. The van der Waals surface area contributed by atoms with E-state index in [-0.39, 0.29) is 0 Å². The molecule has 0 bridgehead atoms. The van der Waals surface area contributed by atoms with Crippen LogP contribution in [-0.2, 0) is 0 Å². The molecule has 4 nitrogen and oxygen atoms in total. The molecule has 0 fully saturated rings. The Morgan fingerprint density at radius 1 is 1.12 bits per heavy atom. The average Bonchev–Trinajstić information content (AvgIpc) is 2.75. The van der Waals surface area contributed by atoms with Gasteiger partial charge in [-0.2, -0.15) is 10.2 Å². The third-order valence-electron chi connectivity index (χ3n) is 2.49. The van der Waals surface area contributed by atoms with Gasteiger partial charge >= 0.3 is 0 Å². The molecular weight excluding hydrogens is 200 g/mol. The van der Waals surface area contributed by atoms with Crippen molar-refractivity contribution in [3.8, 4) is 5.82 Å². The standard InChI is InChI=1S/C12H10N4/c1-9-6-7-16(15-9)12-11-5-3-2-4-10(11)8-13-14-12/h2-8H,1H3. The summed E-state index contributed by atoms with van der Waals surface area (Å²) in [5.41, 5.74) is 0.967. The molecule has 1 aromatic carbocycles. The minimum absolute atomic E-state index is 0.770. The van der Waals surface area contributed by atoms with Gasteiger partial charge in [0.2, 0.25) is 0 Å². The largest absolute Gasteiger partial charge is 0.220 e. The third kappa shape index (κ3) is 1.35. The van der Waals surface area contributed by atoms with Crippen LogP contribution in [0.1, 0.15) is 5.69 Å². The first-order valence-corrected chi connectivity index (χ1v) is 5.08. The van der Waals surface area contributed by atoms with Crippen LogP contribution in [0.5, 0.6) is 0 Å². The lowest BCUT2D eigenvalue weighted by atomic mass is 10.2. The van der Waals surface area contributed by atoms with Crippen molar-refractivity contribution in [1.82, 2.24) is 20.0 Å². The molecule has 3 aromatic rings. The highest BCUT2D eigenvalue weighted by molar-refractivity contribution is 5.87. The van der Waals surface area contributed by atoms with Gasteiger partial charge in [-0.05, 0) is 13.0 Å². The first-order chi connectivity index (χ1) is 7.84. The van der Waals surface area contributed by atoms with E-state index in [1.807, 2.05) is 43.5 Å². The fraction of sp³-hybridized carbons (Fsp3) is 0.0833. The van der Waals surface area contributed by atoms with Gasteiger partial charge in [0.25, 0.3) is 0 Å². The quantitative estimate of drug-likeness (QED) is 0.618. The highest BCUT2D eigenvalue weighted by Crippen LogP contribution is 2.17. The van der Waals surface area contributed by atoms with Gasteiger partial charge in [-0.15, -0.1) is 5.10 Å². The van der Waals surface area contributed by atoms with Crippen molar-refractivity contribution in [2.45, 2.75) is 6.92 Å². The van der Waals surface area contributed by atoms with E-state index in [1.54, 1.807) is 10.9 Å². The monoisotopic (exact) mass is 210 g/mol. The second-order valence-electron chi connectivity index (χ2n) is 3.66. The Hall–Kier alpha value is -2.23. The van der Waals surface area contributed by atoms with Gasteiger partial charge in [0.15, 0.2) is 5.82 Å². The summed E-state index contributed by atoms with van der Waals surface area (Å²) in [7, 11) is 0. The molecular formula is C12H10N4. The van der Waals surface area contributed by atoms with Crippen LogP contribution in [0.2, 0.25) is 0 Å². The van der Waals surface area contributed by atoms with Crippen molar-refractivity contribution in [2.75, 3.05) is 0 Å². The molecule has 0 amide bonds. The lowest BCUT2D eigenvalue weighted by molar-refractivity contribution is 0.814. The summed E-state index contributed by atoms with van der Waals surface area (Å²) in [6.07, 6.45) is 3.65. The zero-order chi connectivity index (χ0) is 11.0. The van der Waals surface area contributed by atoms with Crippen LogP contribution in [0.15, 0.2) is 42.7 Å². The molecule has 16 heavy (non-hydrogen) atoms. The van der Waals surface area contributed by atoms with Gasteiger partial charge in [-0.1, -0.05) is 24.3 Å². The van der Waals surface area contributed by atoms with Crippen molar-refractivity contribution in [3.63, 3.8) is 0 Å². The van der Waals surface area contributed by atoms with Gasteiger partial charge in [0.1, 0.15) is 0 Å². The zero-order valence-electron chi connectivity index (χ0n) is 8.83. The van der Waals surface area contributed by atoms with Crippen molar-refractivity contribution in [2.24, 2.45) is 0 Å². The molecule has 0 unspecified atom stereocenters. The van der Waals surface area contributed by atoms with Gasteiger partial charge < -0.3 is 0 Å². The Morgan fingerprint density at radius 3 is 2.81 bits per heavy atom. The molecule has 0 spiro atoms. The van der Waals surface area contributed by atoms with Crippen LogP contribution >= 0.6 is 0 Å². The molecule has 0 aliphatic carbocycles. The van der Waals surface area contributed by atoms with Crippen molar-refractivity contribution in [3.05, 3.63) is 48.4 Å². The lowest BCUT2D eigenvalue weighted by Gasteiger charge is -2.03. The van der Waals surface area contributed by atoms with E-state index in [2.05, 4.69) is 15.3 Å². The predicted molar refractivity (Wildman–Crippen MR) is 61.4 cm³/mol. The van der Waals surface area contributed by atoms with Gasteiger partial charge in [0.05, 0.1) is 11.9 Å². The second kappa shape index (κ2) is 3.41. The highest BCUT2D eigenvalue weighted by Gasteiger charge is 2.05. The van der Waals surface area contributed by atoms with Gasteiger partial charge in [-0.25, -0.2) is 4.68 Å². The minimum Gasteiger partial charge on any atom is -0.220 e. The number of hydrogen-bond acceptors (Lipinski definition) is 3. The second-order valence-corrected chi connectivity index (χ2v) is 3.66. The average molecular weight is 210 g/mol. The maximum Gasteiger partial charge on any atom is 0.183 e. The van der Waals surface area contributed by atoms with Crippen molar-refractivity contribution >= 4 is 10.8 Å². The smallest absolute Gasteiger partial charge is 0.183 e. The summed E-state index contributed by atoms with van der Waals surface area (Å²) in [6, 6.07) is 9.97. The first-order valence-electron chi connectivity index (χ1n) is 5.08. The third-order valence-corrected chi connectivity index (χ3v) is 2.49. The molecule has 0 saturated carbocycles. The van der Waals surface area contributed by atoms with Crippen molar-refractivity contribution < 1.29 is 0 Å². The van der Waals surface area contributed by atoms with Crippen LogP contribution < -0.4 is 0 Å². The molecule has 3 rings (SSSR count). The Morgan fingerprint density at radius 2 is 2.00 bits per heavy atom. The number of aryl methyl sites for hydroxylation is 1. The number of rotatable bonds is 1.